The minimum Gasteiger partial charge on any atom is -0.0622 e. The number of hydrogen-bond donors (Lipinski definition) is 0. The molecule has 0 unspecified atom stereocenters. The molecule has 0 N–H and O–H groups in total. The van der Waals surface area contributed by atoms with Gasteiger partial charge >= 0.3 is 0 Å². The number of benzene rings is 3. The molecule has 3 aromatic carbocycles. The third kappa shape index (κ3) is 1.70. The summed E-state index contributed by atoms with van der Waals surface area (Å²) >= 11 is 0. The summed E-state index contributed by atoms with van der Waals surface area (Å²) in [4.78, 5) is 0. The van der Waals surface area contributed by atoms with Crippen molar-refractivity contribution in [1.29, 1.82) is 0 Å². The molecule has 0 aliphatic heterocycles. The zero-order chi connectivity index (χ0) is 15.3. The van der Waals surface area contributed by atoms with Gasteiger partial charge in [-0.05, 0) is 45.9 Å². The minimum atomic E-state index is 0.0709. The minimum absolute atomic E-state index is 0.0709. The first kappa shape index (κ1) is 13.3. The Labute approximate surface area is 132 Å². The van der Waals surface area contributed by atoms with Gasteiger partial charge in [0.2, 0.25) is 0 Å². The third-order valence-electron chi connectivity index (χ3n) is 5.02. The van der Waals surface area contributed by atoms with Gasteiger partial charge in [0.15, 0.2) is 0 Å². The lowest BCUT2D eigenvalue weighted by molar-refractivity contribution is 0.660. The first-order valence-corrected chi connectivity index (χ1v) is 7.90. The summed E-state index contributed by atoms with van der Waals surface area (Å²) in [6.07, 6.45) is 0. The molecule has 1 aliphatic rings. The van der Waals surface area contributed by atoms with Crippen molar-refractivity contribution < 1.29 is 0 Å². The van der Waals surface area contributed by atoms with Gasteiger partial charge in [-0.25, -0.2) is 0 Å². The van der Waals surface area contributed by atoms with E-state index in [2.05, 4.69) is 87.5 Å². The van der Waals surface area contributed by atoms with E-state index >= 15 is 0 Å². The van der Waals surface area contributed by atoms with Crippen molar-refractivity contribution in [3.63, 3.8) is 0 Å². The van der Waals surface area contributed by atoms with Crippen LogP contribution >= 0.6 is 0 Å². The number of fused-ring (bicyclic) bond motifs is 3. The van der Waals surface area contributed by atoms with Gasteiger partial charge in [0.05, 0.1) is 0 Å². The van der Waals surface area contributed by atoms with Crippen molar-refractivity contribution in [2.24, 2.45) is 0 Å². The molecule has 4 rings (SSSR count). The summed E-state index contributed by atoms with van der Waals surface area (Å²) in [7, 11) is 0. The van der Waals surface area contributed by atoms with Crippen LogP contribution in [0, 0.1) is 6.92 Å². The van der Waals surface area contributed by atoms with E-state index in [1.807, 2.05) is 0 Å². The summed E-state index contributed by atoms with van der Waals surface area (Å²) < 4.78 is 0. The molecular formula is C22H20. The lowest BCUT2D eigenvalue weighted by Crippen LogP contribution is -2.14. The van der Waals surface area contributed by atoms with Crippen LogP contribution in [0.2, 0.25) is 0 Å². The van der Waals surface area contributed by atoms with Crippen LogP contribution in [0.3, 0.4) is 0 Å². The first-order valence-electron chi connectivity index (χ1n) is 7.90. The van der Waals surface area contributed by atoms with Crippen molar-refractivity contribution >= 4 is 0 Å². The lowest BCUT2D eigenvalue weighted by atomic mass is 9.82. The Morgan fingerprint density at radius 2 is 1.27 bits per heavy atom. The average molecular weight is 284 g/mol. The highest BCUT2D eigenvalue weighted by Gasteiger charge is 2.37. The van der Waals surface area contributed by atoms with Gasteiger partial charge in [0.25, 0.3) is 0 Å². The highest BCUT2D eigenvalue weighted by atomic mass is 14.4. The molecule has 0 amide bonds. The van der Waals surface area contributed by atoms with E-state index in [4.69, 9.17) is 0 Å². The molecule has 1 aliphatic carbocycles. The fourth-order valence-corrected chi connectivity index (χ4v) is 3.87. The Hall–Kier alpha value is -2.34. The Bertz CT molecular complexity index is 854. The Balaban J connectivity index is 2.11. The predicted octanol–water partition coefficient (Wildman–Crippen LogP) is 5.97. The van der Waals surface area contributed by atoms with Crippen molar-refractivity contribution in [2.75, 3.05) is 0 Å². The molecule has 0 atom stereocenters. The highest BCUT2D eigenvalue weighted by molar-refractivity contribution is 5.93. The summed E-state index contributed by atoms with van der Waals surface area (Å²) in [6, 6.07) is 24.2. The molecule has 3 aromatic rings. The summed E-state index contributed by atoms with van der Waals surface area (Å²) in [5.74, 6) is 0. The molecular weight excluding hydrogens is 264 g/mol. The first-order chi connectivity index (χ1) is 10.6. The maximum Gasteiger partial charge on any atom is 0.0159 e. The zero-order valence-electron chi connectivity index (χ0n) is 13.4. The second kappa shape index (κ2) is 4.58. The van der Waals surface area contributed by atoms with Crippen LogP contribution in [0.15, 0.2) is 66.7 Å². The van der Waals surface area contributed by atoms with Crippen LogP contribution < -0.4 is 0 Å². The molecule has 108 valence electrons. The van der Waals surface area contributed by atoms with Gasteiger partial charge in [-0.2, -0.15) is 0 Å². The molecule has 0 nitrogen and oxygen atoms in total. The van der Waals surface area contributed by atoms with Crippen molar-refractivity contribution in [3.05, 3.63) is 83.4 Å². The van der Waals surface area contributed by atoms with E-state index in [1.165, 1.54) is 38.9 Å². The molecule has 0 heterocycles. The molecule has 0 radical (unpaired) electrons. The average Bonchev–Trinajstić information content (AvgIpc) is 2.78. The molecule has 0 bridgehead atoms. The normalized spacial score (nSPS) is 14.5. The van der Waals surface area contributed by atoms with Crippen LogP contribution in [-0.2, 0) is 5.41 Å². The van der Waals surface area contributed by atoms with Crippen molar-refractivity contribution in [1.82, 2.24) is 0 Å². The van der Waals surface area contributed by atoms with Gasteiger partial charge in [-0.15, -0.1) is 0 Å². The van der Waals surface area contributed by atoms with Crippen molar-refractivity contribution in [3.8, 4) is 22.3 Å². The Morgan fingerprint density at radius 3 is 2.00 bits per heavy atom. The maximum absolute atomic E-state index is 2.34. The van der Waals surface area contributed by atoms with Gasteiger partial charge < -0.3 is 0 Å². The standard InChI is InChI=1S/C22H20/c1-15-9-7-13-18-20(15)21-17(16-10-5-4-6-11-16)12-8-14-19(21)22(18,2)3/h4-14H,1-3H3. The van der Waals surface area contributed by atoms with Crippen LogP contribution in [0.25, 0.3) is 22.3 Å². The predicted molar refractivity (Wildman–Crippen MR) is 94.2 cm³/mol. The molecule has 0 spiro atoms. The van der Waals surface area contributed by atoms with E-state index in [-0.39, 0.29) is 5.41 Å². The molecule has 0 heteroatoms. The number of rotatable bonds is 1. The quantitative estimate of drug-likeness (QED) is 0.516. The zero-order valence-corrected chi connectivity index (χ0v) is 13.4. The maximum atomic E-state index is 2.34. The van der Waals surface area contributed by atoms with Crippen LogP contribution in [0.1, 0.15) is 30.5 Å². The van der Waals surface area contributed by atoms with Crippen LogP contribution in [0.4, 0.5) is 0 Å². The van der Waals surface area contributed by atoms with Gasteiger partial charge in [0, 0.05) is 5.41 Å². The molecule has 0 aromatic heterocycles. The van der Waals surface area contributed by atoms with Gasteiger partial charge in [-0.1, -0.05) is 80.6 Å². The van der Waals surface area contributed by atoms with Crippen LogP contribution in [0.5, 0.6) is 0 Å². The third-order valence-corrected chi connectivity index (χ3v) is 5.02. The van der Waals surface area contributed by atoms with E-state index in [0.29, 0.717) is 0 Å². The summed E-state index contributed by atoms with van der Waals surface area (Å²) in [5, 5.41) is 0. The fraction of sp³-hybridized carbons (Fsp3) is 0.182. The van der Waals surface area contributed by atoms with E-state index in [9.17, 15) is 0 Å². The number of hydrogen-bond acceptors (Lipinski definition) is 0. The van der Waals surface area contributed by atoms with E-state index in [0.717, 1.165) is 0 Å². The monoisotopic (exact) mass is 284 g/mol. The molecule has 22 heavy (non-hydrogen) atoms. The van der Waals surface area contributed by atoms with Crippen LogP contribution in [-0.4, -0.2) is 0 Å². The van der Waals surface area contributed by atoms with Crippen molar-refractivity contribution in [2.45, 2.75) is 26.2 Å². The topological polar surface area (TPSA) is 0 Å². The van der Waals surface area contributed by atoms with E-state index in [1.54, 1.807) is 0 Å². The smallest absolute Gasteiger partial charge is 0.0159 e. The second-order valence-corrected chi connectivity index (χ2v) is 6.72. The van der Waals surface area contributed by atoms with Gasteiger partial charge in [0.1, 0.15) is 0 Å². The van der Waals surface area contributed by atoms with Gasteiger partial charge in [-0.3, -0.25) is 0 Å². The number of aryl methyl sites for hydroxylation is 1. The van der Waals surface area contributed by atoms with E-state index < -0.39 is 0 Å². The molecule has 0 saturated heterocycles. The molecule has 0 saturated carbocycles. The summed E-state index contributed by atoms with van der Waals surface area (Å²) in [5.41, 5.74) is 9.83. The lowest BCUT2D eigenvalue weighted by Gasteiger charge is -2.21. The fourth-order valence-electron chi connectivity index (χ4n) is 3.87. The Kier molecular flexibility index (Phi) is 2.77. The highest BCUT2D eigenvalue weighted by Crippen LogP contribution is 2.52. The second-order valence-electron chi connectivity index (χ2n) is 6.72. The molecule has 0 fully saturated rings. The SMILES string of the molecule is Cc1cccc2c1-c1c(-c3ccccc3)cccc1C2(C)C. The Morgan fingerprint density at radius 1 is 0.636 bits per heavy atom. The summed E-state index contributed by atoms with van der Waals surface area (Å²) in [6.45, 7) is 6.91. The largest absolute Gasteiger partial charge is 0.0622 e.